The number of amides is 1. The van der Waals surface area contributed by atoms with Gasteiger partial charge in [-0.15, -0.1) is 0 Å². The fraction of sp³-hybridized carbons (Fsp3) is 0.400. The Morgan fingerprint density at radius 1 is 1.19 bits per heavy atom. The highest BCUT2D eigenvalue weighted by atomic mass is 16.5. The van der Waals surface area contributed by atoms with Crippen LogP contribution in [-0.4, -0.2) is 37.6 Å². The van der Waals surface area contributed by atoms with Gasteiger partial charge in [-0.3, -0.25) is 14.2 Å². The standard InChI is InChI=1S/C20H20N4O3/c1-11-18(12(2)27-22-11)20(26)24-13-7-8-14(24)10-23-17(9-13)21-16-6-4-3-5-15(16)19(23)25/h3-6,13-14H,7-10H2,1-2H3/t13-,14+/m0/s1. The van der Waals surface area contributed by atoms with E-state index in [0.29, 0.717) is 35.4 Å². The summed E-state index contributed by atoms with van der Waals surface area (Å²) in [4.78, 5) is 33.0. The van der Waals surface area contributed by atoms with Crippen molar-refractivity contribution in [1.29, 1.82) is 0 Å². The van der Waals surface area contributed by atoms with Crippen LogP contribution in [0.3, 0.4) is 0 Å². The summed E-state index contributed by atoms with van der Waals surface area (Å²) in [5, 5.41) is 4.55. The van der Waals surface area contributed by atoms with Crippen molar-refractivity contribution in [2.24, 2.45) is 0 Å². The molecule has 7 heteroatoms. The Morgan fingerprint density at radius 3 is 2.74 bits per heavy atom. The first-order valence-electron chi connectivity index (χ1n) is 9.28. The van der Waals surface area contributed by atoms with Crippen LogP contribution in [0, 0.1) is 13.8 Å². The number of aryl methyl sites for hydroxylation is 2. The van der Waals surface area contributed by atoms with E-state index in [1.165, 1.54) is 0 Å². The second-order valence-electron chi connectivity index (χ2n) is 7.46. The van der Waals surface area contributed by atoms with Gasteiger partial charge < -0.3 is 9.42 Å². The van der Waals surface area contributed by atoms with Gasteiger partial charge in [0.2, 0.25) is 0 Å². The number of nitrogens with zero attached hydrogens (tertiary/aromatic N) is 4. The minimum atomic E-state index is -0.0517. The van der Waals surface area contributed by atoms with Crippen LogP contribution in [0.1, 0.15) is 40.5 Å². The molecule has 1 aromatic carbocycles. The zero-order valence-corrected chi connectivity index (χ0v) is 15.3. The molecular weight excluding hydrogens is 344 g/mol. The second kappa shape index (κ2) is 5.77. The number of carbonyl (C=O) groups excluding carboxylic acids is 1. The first kappa shape index (κ1) is 16.2. The number of benzene rings is 1. The lowest BCUT2D eigenvalue weighted by molar-refractivity contribution is 0.0663. The number of carbonyl (C=O) groups is 1. The number of rotatable bonds is 1. The lowest BCUT2D eigenvalue weighted by Crippen LogP contribution is -2.42. The van der Waals surface area contributed by atoms with Crippen LogP contribution < -0.4 is 5.56 Å². The number of fused-ring (bicyclic) bond motifs is 4. The van der Waals surface area contributed by atoms with Gasteiger partial charge in [-0.05, 0) is 38.8 Å². The van der Waals surface area contributed by atoms with Crippen LogP contribution in [0.5, 0.6) is 0 Å². The summed E-state index contributed by atoms with van der Waals surface area (Å²) in [5.74, 6) is 1.26. The minimum Gasteiger partial charge on any atom is -0.361 e. The van der Waals surface area contributed by atoms with Crippen molar-refractivity contribution in [2.75, 3.05) is 0 Å². The average molecular weight is 364 g/mol. The van der Waals surface area contributed by atoms with E-state index in [0.717, 1.165) is 24.2 Å². The maximum absolute atomic E-state index is 13.3. The molecule has 138 valence electrons. The molecule has 2 aliphatic rings. The Labute approximate surface area is 155 Å². The van der Waals surface area contributed by atoms with Gasteiger partial charge in [-0.2, -0.15) is 0 Å². The van der Waals surface area contributed by atoms with Crippen LogP contribution in [0.2, 0.25) is 0 Å². The van der Waals surface area contributed by atoms with Gasteiger partial charge in [-0.1, -0.05) is 17.3 Å². The molecule has 27 heavy (non-hydrogen) atoms. The normalized spacial score (nSPS) is 21.3. The molecule has 1 fully saturated rings. The topological polar surface area (TPSA) is 81.2 Å². The lowest BCUT2D eigenvalue weighted by atomic mass is 10.1. The van der Waals surface area contributed by atoms with E-state index >= 15 is 0 Å². The van der Waals surface area contributed by atoms with Crippen molar-refractivity contribution in [3.05, 3.63) is 57.5 Å². The van der Waals surface area contributed by atoms with E-state index in [2.05, 4.69) is 5.16 Å². The second-order valence-corrected chi connectivity index (χ2v) is 7.46. The number of para-hydroxylation sites is 1. The average Bonchev–Trinajstić information content (AvgIpc) is 3.14. The SMILES string of the molecule is Cc1noc(C)c1C(=O)N1[C@@H]2CC[C@H]1Cc1nc3ccccc3c(=O)n1C2. The first-order chi connectivity index (χ1) is 13.0. The Kier molecular flexibility index (Phi) is 3.47. The fourth-order valence-corrected chi connectivity index (χ4v) is 4.57. The molecule has 3 aromatic rings. The van der Waals surface area contributed by atoms with Gasteiger partial charge in [-0.25, -0.2) is 4.98 Å². The molecule has 0 spiro atoms. The van der Waals surface area contributed by atoms with Crippen molar-refractivity contribution in [1.82, 2.24) is 19.6 Å². The third kappa shape index (κ3) is 2.34. The van der Waals surface area contributed by atoms with Gasteiger partial charge in [0.1, 0.15) is 17.1 Å². The molecule has 7 nitrogen and oxygen atoms in total. The lowest BCUT2D eigenvalue weighted by Gasteiger charge is -2.27. The monoisotopic (exact) mass is 364 g/mol. The number of hydrogen-bond acceptors (Lipinski definition) is 5. The molecule has 1 amide bonds. The third-order valence-corrected chi connectivity index (χ3v) is 5.85. The molecule has 0 unspecified atom stereocenters. The molecule has 5 rings (SSSR count). The summed E-state index contributed by atoms with van der Waals surface area (Å²) in [5.41, 5.74) is 1.85. The van der Waals surface area contributed by atoms with Crippen molar-refractivity contribution < 1.29 is 9.32 Å². The van der Waals surface area contributed by atoms with E-state index in [9.17, 15) is 9.59 Å². The summed E-state index contributed by atoms with van der Waals surface area (Å²) in [6, 6.07) is 7.45. The molecule has 2 aromatic heterocycles. The Bertz CT molecular complexity index is 1110. The predicted octanol–water partition coefficient (Wildman–Crippen LogP) is 2.23. The van der Waals surface area contributed by atoms with Crippen molar-refractivity contribution >= 4 is 16.8 Å². The summed E-state index contributed by atoms with van der Waals surface area (Å²) in [6.07, 6.45) is 2.40. The zero-order chi connectivity index (χ0) is 18.7. The molecule has 2 atom stereocenters. The summed E-state index contributed by atoms with van der Waals surface area (Å²) in [6.45, 7) is 4.04. The summed E-state index contributed by atoms with van der Waals surface area (Å²) < 4.78 is 6.96. The van der Waals surface area contributed by atoms with E-state index in [-0.39, 0.29) is 23.6 Å². The van der Waals surface area contributed by atoms with Crippen molar-refractivity contribution in [3.63, 3.8) is 0 Å². The third-order valence-electron chi connectivity index (χ3n) is 5.85. The van der Waals surface area contributed by atoms with Crippen LogP contribution in [-0.2, 0) is 13.0 Å². The molecular formula is C20H20N4O3. The molecule has 2 aliphatic heterocycles. The quantitative estimate of drug-likeness (QED) is 0.661. The van der Waals surface area contributed by atoms with Crippen LogP contribution >= 0.6 is 0 Å². The van der Waals surface area contributed by atoms with Gasteiger partial charge in [0, 0.05) is 19.0 Å². The predicted molar refractivity (Wildman–Crippen MR) is 98.7 cm³/mol. The minimum absolute atomic E-state index is 0.0156. The van der Waals surface area contributed by atoms with Gasteiger partial charge in [0.05, 0.1) is 22.6 Å². The highest BCUT2D eigenvalue weighted by Crippen LogP contribution is 2.33. The maximum Gasteiger partial charge on any atom is 0.261 e. The van der Waals surface area contributed by atoms with E-state index in [4.69, 9.17) is 9.51 Å². The van der Waals surface area contributed by atoms with E-state index in [1.54, 1.807) is 18.4 Å². The summed E-state index contributed by atoms with van der Waals surface area (Å²) in [7, 11) is 0. The smallest absolute Gasteiger partial charge is 0.261 e. The Balaban J connectivity index is 1.60. The van der Waals surface area contributed by atoms with Crippen molar-refractivity contribution in [2.45, 2.75) is 51.7 Å². The van der Waals surface area contributed by atoms with Crippen molar-refractivity contribution in [3.8, 4) is 0 Å². The van der Waals surface area contributed by atoms with E-state index in [1.807, 2.05) is 29.2 Å². The Morgan fingerprint density at radius 2 is 1.96 bits per heavy atom. The molecule has 2 bridgehead atoms. The number of hydrogen-bond donors (Lipinski definition) is 0. The largest absolute Gasteiger partial charge is 0.361 e. The fourth-order valence-electron chi connectivity index (χ4n) is 4.57. The molecule has 0 N–H and O–H groups in total. The maximum atomic E-state index is 13.3. The molecule has 1 saturated heterocycles. The summed E-state index contributed by atoms with van der Waals surface area (Å²) >= 11 is 0. The zero-order valence-electron chi connectivity index (χ0n) is 15.3. The number of aromatic nitrogens is 3. The van der Waals surface area contributed by atoms with Crippen LogP contribution in [0.15, 0.2) is 33.6 Å². The molecule has 0 radical (unpaired) electrons. The molecule has 0 saturated carbocycles. The van der Waals surface area contributed by atoms with Crippen LogP contribution in [0.25, 0.3) is 10.9 Å². The van der Waals surface area contributed by atoms with Crippen LogP contribution in [0.4, 0.5) is 0 Å². The van der Waals surface area contributed by atoms with Gasteiger partial charge in [0.25, 0.3) is 11.5 Å². The van der Waals surface area contributed by atoms with E-state index < -0.39 is 0 Å². The highest BCUT2D eigenvalue weighted by molar-refractivity contribution is 5.96. The van der Waals surface area contributed by atoms with Gasteiger partial charge >= 0.3 is 0 Å². The molecule has 0 aliphatic carbocycles. The highest BCUT2D eigenvalue weighted by Gasteiger charge is 2.42. The van der Waals surface area contributed by atoms with Gasteiger partial charge in [0.15, 0.2) is 0 Å². The Hall–Kier alpha value is -2.96. The first-order valence-corrected chi connectivity index (χ1v) is 9.28. The molecule has 4 heterocycles.